The highest BCUT2D eigenvalue weighted by Crippen LogP contribution is 2.46. The molecule has 2 aromatic rings. The molecule has 1 aliphatic heterocycles. The number of nitrogens with zero attached hydrogens (tertiary/aromatic N) is 1. The lowest BCUT2D eigenvalue weighted by Crippen LogP contribution is -2.29. The van der Waals surface area contributed by atoms with E-state index < -0.39 is 11.7 Å². The predicted octanol–water partition coefficient (Wildman–Crippen LogP) is 4.03. The number of carbonyl (C=O) groups is 1. The first-order chi connectivity index (χ1) is 13.1. The van der Waals surface area contributed by atoms with E-state index in [-0.39, 0.29) is 23.2 Å². The number of hydrogen-bond donors (Lipinski definition) is 1. The van der Waals surface area contributed by atoms with Gasteiger partial charge >= 0.3 is 0 Å². The number of carbonyl (C=O) groups excluding carboxylic acids is 1. The fourth-order valence-corrected chi connectivity index (χ4v) is 3.89. The van der Waals surface area contributed by atoms with Gasteiger partial charge in [-0.05, 0) is 29.2 Å². The van der Waals surface area contributed by atoms with Crippen LogP contribution < -0.4 is 5.73 Å². The molecule has 2 unspecified atom stereocenters. The fourth-order valence-electron chi connectivity index (χ4n) is 3.89. The molecule has 0 spiro atoms. The molecule has 0 saturated carbocycles. The Labute approximate surface area is 156 Å². The average molecular weight is 360 g/mol. The first kappa shape index (κ1) is 17.0. The van der Waals surface area contributed by atoms with Crippen molar-refractivity contribution in [3.8, 4) is 6.07 Å². The van der Waals surface area contributed by atoms with Crippen LogP contribution in [0.15, 0.2) is 77.4 Å². The smallest absolute Gasteiger partial charge is 0.205 e. The Bertz CT molecular complexity index is 1020. The maximum Gasteiger partial charge on any atom is 0.205 e. The van der Waals surface area contributed by atoms with Crippen LogP contribution in [0, 0.1) is 17.1 Å². The summed E-state index contributed by atoms with van der Waals surface area (Å²) in [5, 5.41) is 9.57. The molecule has 2 atom stereocenters. The van der Waals surface area contributed by atoms with Gasteiger partial charge in [-0.3, -0.25) is 4.79 Å². The molecule has 4 rings (SSSR count). The molecule has 1 heterocycles. The molecule has 2 aliphatic rings. The van der Waals surface area contributed by atoms with Crippen LogP contribution in [0.4, 0.5) is 4.39 Å². The summed E-state index contributed by atoms with van der Waals surface area (Å²) >= 11 is 0. The molecule has 0 amide bonds. The van der Waals surface area contributed by atoms with E-state index in [1.807, 2.05) is 36.4 Å². The Balaban J connectivity index is 1.80. The van der Waals surface area contributed by atoms with Gasteiger partial charge in [0.15, 0.2) is 5.78 Å². The molecule has 2 N–H and O–H groups in total. The Kier molecular flexibility index (Phi) is 4.25. The molecular formula is C22H17FN2O2. The van der Waals surface area contributed by atoms with Crippen molar-refractivity contribution in [1.29, 1.82) is 5.26 Å². The van der Waals surface area contributed by atoms with Gasteiger partial charge < -0.3 is 10.5 Å². The molecule has 5 heteroatoms. The molecule has 2 aromatic carbocycles. The van der Waals surface area contributed by atoms with Crippen LogP contribution in [0.5, 0.6) is 0 Å². The maximum atomic E-state index is 13.8. The van der Waals surface area contributed by atoms with Gasteiger partial charge in [-0.1, -0.05) is 42.5 Å². The standard InChI is InChI=1S/C22H17FN2O2/c23-16-8-4-7-14(9-16)20-17(12-24)22(25)27-19-11-15(10-18(26)21(19)20)13-5-2-1-3-6-13/h1-9,15,20H,10-11,25H2. The van der Waals surface area contributed by atoms with Crippen molar-refractivity contribution in [2.75, 3.05) is 0 Å². The second-order valence-electron chi connectivity index (χ2n) is 6.76. The Morgan fingerprint density at radius 2 is 1.81 bits per heavy atom. The van der Waals surface area contributed by atoms with Crippen LogP contribution in [-0.2, 0) is 9.53 Å². The number of hydrogen-bond acceptors (Lipinski definition) is 4. The zero-order valence-corrected chi connectivity index (χ0v) is 14.5. The van der Waals surface area contributed by atoms with Crippen LogP contribution in [0.3, 0.4) is 0 Å². The number of halogens is 1. The minimum Gasteiger partial charge on any atom is -0.444 e. The summed E-state index contributed by atoms with van der Waals surface area (Å²) in [4.78, 5) is 13.0. The number of allylic oxidation sites excluding steroid dienone is 3. The van der Waals surface area contributed by atoms with E-state index in [1.54, 1.807) is 12.1 Å². The van der Waals surface area contributed by atoms with Crippen LogP contribution in [0.2, 0.25) is 0 Å². The SMILES string of the molecule is N#CC1=C(N)OC2=C(C(=O)CC(c3ccccc3)C2)C1c1cccc(F)c1. The number of ketones is 1. The highest BCUT2D eigenvalue weighted by atomic mass is 19.1. The summed E-state index contributed by atoms with van der Waals surface area (Å²) < 4.78 is 19.5. The van der Waals surface area contributed by atoms with Crippen molar-refractivity contribution >= 4 is 5.78 Å². The number of rotatable bonds is 2. The molecule has 0 saturated heterocycles. The molecule has 0 radical (unpaired) electrons. The van der Waals surface area contributed by atoms with Gasteiger partial charge in [-0.2, -0.15) is 5.26 Å². The fraction of sp³-hybridized carbons (Fsp3) is 0.182. The van der Waals surface area contributed by atoms with Crippen molar-refractivity contribution in [2.24, 2.45) is 5.73 Å². The van der Waals surface area contributed by atoms with Gasteiger partial charge in [0, 0.05) is 18.4 Å². The van der Waals surface area contributed by atoms with Crippen molar-refractivity contribution in [3.63, 3.8) is 0 Å². The van der Waals surface area contributed by atoms with Crippen LogP contribution in [-0.4, -0.2) is 5.78 Å². The molecular weight excluding hydrogens is 343 g/mol. The number of ether oxygens (including phenoxy) is 1. The summed E-state index contributed by atoms with van der Waals surface area (Å²) in [5.74, 6) is -0.777. The topological polar surface area (TPSA) is 76.1 Å². The van der Waals surface area contributed by atoms with E-state index in [0.29, 0.717) is 29.7 Å². The van der Waals surface area contributed by atoms with E-state index in [1.165, 1.54) is 12.1 Å². The third-order valence-corrected chi connectivity index (χ3v) is 5.11. The first-order valence-corrected chi connectivity index (χ1v) is 8.72. The maximum absolute atomic E-state index is 13.8. The van der Waals surface area contributed by atoms with Crippen molar-refractivity contribution in [2.45, 2.75) is 24.7 Å². The van der Waals surface area contributed by atoms with E-state index in [9.17, 15) is 14.4 Å². The zero-order valence-electron chi connectivity index (χ0n) is 14.5. The summed E-state index contributed by atoms with van der Waals surface area (Å²) in [5.41, 5.74) is 8.12. The molecule has 0 bridgehead atoms. The van der Waals surface area contributed by atoms with Gasteiger partial charge in [0.2, 0.25) is 5.88 Å². The molecule has 0 fully saturated rings. The lowest BCUT2D eigenvalue weighted by atomic mass is 9.73. The number of nitrogens with two attached hydrogens (primary N) is 1. The van der Waals surface area contributed by atoms with E-state index in [0.717, 1.165) is 5.56 Å². The Morgan fingerprint density at radius 3 is 2.52 bits per heavy atom. The number of nitriles is 1. The summed E-state index contributed by atoms with van der Waals surface area (Å²) in [6, 6.07) is 17.7. The van der Waals surface area contributed by atoms with E-state index >= 15 is 0 Å². The third-order valence-electron chi connectivity index (χ3n) is 5.11. The van der Waals surface area contributed by atoms with Crippen molar-refractivity contribution in [1.82, 2.24) is 0 Å². The van der Waals surface area contributed by atoms with Crippen LogP contribution in [0.25, 0.3) is 0 Å². The highest BCUT2D eigenvalue weighted by molar-refractivity contribution is 6.00. The van der Waals surface area contributed by atoms with E-state index in [4.69, 9.17) is 10.5 Å². The summed E-state index contributed by atoms with van der Waals surface area (Å²) in [6.45, 7) is 0. The first-order valence-electron chi connectivity index (χ1n) is 8.72. The van der Waals surface area contributed by atoms with Gasteiger partial charge in [0.25, 0.3) is 0 Å². The third kappa shape index (κ3) is 3.00. The molecule has 134 valence electrons. The molecule has 0 aromatic heterocycles. The van der Waals surface area contributed by atoms with E-state index in [2.05, 4.69) is 0 Å². The van der Waals surface area contributed by atoms with Gasteiger partial charge in [-0.25, -0.2) is 4.39 Å². The van der Waals surface area contributed by atoms with Crippen LogP contribution in [0.1, 0.15) is 35.8 Å². The number of Topliss-reactive ketones (excluding diaryl/α,β-unsaturated/α-hetero) is 1. The molecule has 1 aliphatic carbocycles. The average Bonchev–Trinajstić information content (AvgIpc) is 2.67. The molecule has 27 heavy (non-hydrogen) atoms. The van der Waals surface area contributed by atoms with Crippen molar-refractivity contribution < 1.29 is 13.9 Å². The van der Waals surface area contributed by atoms with Crippen molar-refractivity contribution in [3.05, 3.63) is 94.3 Å². The Hall–Kier alpha value is -3.39. The minimum atomic E-state index is -0.696. The van der Waals surface area contributed by atoms with Gasteiger partial charge in [0.1, 0.15) is 23.2 Å². The lowest BCUT2D eigenvalue weighted by molar-refractivity contribution is -0.117. The minimum absolute atomic E-state index is 0.0120. The quantitative estimate of drug-likeness (QED) is 0.877. The summed E-state index contributed by atoms with van der Waals surface area (Å²) in [7, 11) is 0. The second kappa shape index (κ2) is 6.73. The predicted molar refractivity (Wildman–Crippen MR) is 97.5 cm³/mol. The lowest BCUT2D eigenvalue weighted by Gasteiger charge is -2.34. The monoisotopic (exact) mass is 360 g/mol. The number of benzene rings is 2. The second-order valence-corrected chi connectivity index (χ2v) is 6.76. The Morgan fingerprint density at radius 1 is 1.07 bits per heavy atom. The highest BCUT2D eigenvalue weighted by Gasteiger charge is 2.40. The van der Waals surface area contributed by atoms with Crippen LogP contribution >= 0.6 is 0 Å². The summed E-state index contributed by atoms with van der Waals surface area (Å²) in [6.07, 6.45) is 0.826. The zero-order chi connectivity index (χ0) is 19.0. The normalized spacial score (nSPS) is 22.1. The van der Waals surface area contributed by atoms with Gasteiger partial charge in [0.05, 0.1) is 5.92 Å². The largest absolute Gasteiger partial charge is 0.444 e. The molecule has 4 nitrogen and oxygen atoms in total. The van der Waals surface area contributed by atoms with Gasteiger partial charge in [-0.15, -0.1) is 0 Å².